The van der Waals surface area contributed by atoms with Gasteiger partial charge in [0.2, 0.25) is 0 Å². The lowest BCUT2D eigenvalue weighted by Gasteiger charge is -2.10. The van der Waals surface area contributed by atoms with Crippen LogP contribution >= 0.6 is 11.8 Å². The number of hydrogen-bond acceptors (Lipinski definition) is 4. The maximum absolute atomic E-state index is 8.45. The second-order valence-electron chi connectivity index (χ2n) is 4.14. The fourth-order valence-electron chi connectivity index (χ4n) is 1.81. The van der Waals surface area contributed by atoms with Crippen LogP contribution in [0.5, 0.6) is 5.75 Å². The zero-order valence-corrected chi connectivity index (χ0v) is 12.1. The van der Waals surface area contributed by atoms with Crippen LogP contribution in [-0.4, -0.2) is 12.9 Å². The summed E-state index contributed by atoms with van der Waals surface area (Å²) in [5.41, 5.74) is 2.31. The number of nitrogens with one attached hydrogen (secondary N) is 1. The highest BCUT2D eigenvalue weighted by Gasteiger charge is 2.00. The lowest BCUT2D eigenvalue weighted by atomic mass is 10.2. The molecule has 0 aromatic heterocycles. The van der Waals surface area contributed by atoms with Crippen molar-refractivity contribution < 1.29 is 4.74 Å². The first kappa shape index (κ1) is 14.3. The van der Waals surface area contributed by atoms with Crippen molar-refractivity contribution in [2.45, 2.75) is 11.4 Å². The molecular weight excluding hydrogens is 268 g/mol. The molecule has 0 fully saturated rings. The number of para-hydroxylation sites is 1. The van der Waals surface area contributed by atoms with E-state index in [1.807, 2.05) is 42.5 Å². The van der Waals surface area contributed by atoms with Crippen molar-refractivity contribution in [2.75, 3.05) is 18.2 Å². The van der Waals surface area contributed by atoms with Gasteiger partial charge in [-0.25, -0.2) is 0 Å². The summed E-state index contributed by atoms with van der Waals surface area (Å²) >= 11 is 1.73. The Kier molecular flexibility index (Phi) is 5.33. The van der Waals surface area contributed by atoms with Crippen molar-refractivity contribution in [3.8, 4) is 11.8 Å². The predicted molar refractivity (Wildman–Crippen MR) is 83.1 cm³/mol. The molecule has 0 spiro atoms. The minimum Gasteiger partial charge on any atom is -0.479 e. The molecule has 0 aliphatic rings. The second kappa shape index (κ2) is 7.46. The first-order valence-electron chi connectivity index (χ1n) is 6.29. The topological polar surface area (TPSA) is 45.0 Å². The van der Waals surface area contributed by atoms with Crippen LogP contribution in [0.2, 0.25) is 0 Å². The molecule has 0 heterocycles. The molecule has 0 unspecified atom stereocenters. The largest absolute Gasteiger partial charge is 0.479 e. The average Bonchev–Trinajstić information content (AvgIpc) is 2.52. The van der Waals surface area contributed by atoms with E-state index in [0.717, 1.165) is 18.0 Å². The van der Waals surface area contributed by atoms with E-state index in [2.05, 4.69) is 23.7 Å². The molecule has 2 aromatic rings. The van der Waals surface area contributed by atoms with E-state index in [1.54, 1.807) is 11.8 Å². The van der Waals surface area contributed by atoms with E-state index in [0.29, 0.717) is 0 Å². The smallest absolute Gasteiger partial charge is 0.174 e. The molecule has 0 saturated carbocycles. The lowest BCUT2D eigenvalue weighted by Crippen LogP contribution is -2.00. The van der Waals surface area contributed by atoms with Gasteiger partial charge in [-0.3, -0.25) is 0 Å². The highest BCUT2D eigenvalue weighted by atomic mass is 32.2. The molecular formula is C16H16N2OS. The van der Waals surface area contributed by atoms with E-state index < -0.39 is 0 Å². The Morgan fingerprint density at radius 1 is 1.15 bits per heavy atom. The van der Waals surface area contributed by atoms with Crippen molar-refractivity contribution in [2.24, 2.45) is 0 Å². The molecule has 0 aliphatic heterocycles. The fraction of sp³-hybridized carbons (Fsp3) is 0.188. The van der Waals surface area contributed by atoms with Gasteiger partial charge in [-0.1, -0.05) is 24.3 Å². The van der Waals surface area contributed by atoms with Gasteiger partial charge in [-0.05, 0) is 36.1 Å². The predicted octanol–water partition coefficient (Wildman–Crippen LogP) is 3.92. The van der Waals surface area contributed by atoms with Crippen molar-refractivity contribution in [1.82, 2.24) is 0 Å². The summed E-state index contributed by atoms with van der Waals surface area (Å²) in [4.78, 5) is 1.24. The molecule has 2 rings (SSSR count). The van der Waals surface area contributed by atoms with Crippen molar-refractivity contribution in [3.63, 3.8) is 0 Å². The summed E-state index contributed by atoms with van der Waals surface area (Å²) in [6, 6.07) is 18.0. The van der Waals surface area contributed by atoms with E-state index in [-0.39, 0.29) is 6.61 Å². The molecule has 4 heteroatoms. The van der Waals surface area contributed by atoms with Crippen LogP contribution in [0.25, 0.3) is 0 Å². The summed E-state index contributed by atoms with van der Waals surface area (Å²) in [5.74, 6) is 0.722. The van der Waals surface area contributed by atoms with Crippen LogP contribution in [0.3, 0.4) is 0 Å². The Morgan fingerprint density at radius 2 is 1.90 bits per heavy atom. The number of nitrogens with zero attached hydrogens (tertiary/aromatic N) is 1. The number of nitriles is 1. The van der Waals surface area contributed by atoms with Crippen molar-refractivity contribution >= 4 is 17.4 Å². The zero-order chi connectivity index (χ0) is 14.2. The third kappa shape index (κ3) is 3.94. The Balaban J connectivity index is 1.95. The van der Waals surface area contributed by atoms with Gasteiger partial charge in [0.1, 0.15) is 11.8 Å². The van der Waals surface area contributed by atoms with Gasteiger partial charge in [-0.15, -0.1) is 11.8 Å². The van der Waals surface area contributed by atoms with Gasteiger partial charge in [0, 0.05) is 17.1 Å². The molecule has 0 bridgehead atoms. The van der Waals surface area contributed by atoms with Crippen LogP contribution in [0, 0.1) is 11.3 Å². The Morgan fingerprint density at radius 3 is 2.60 bits per heavy atom. The minimum absolute atomic E-state index is 0.0820. The second-order valence-corrected chi connectivity index (χ2v) is 4.99. The summed E-state index contributed by atoms with van der Waals surface area (Å²) in [5, 5.41) is 11.9. The highest BCUT2D eigenvalue weighted by Crippen LogP contribution is 2.25. The maximum atomic E-state index is 8.45. The number of anilines is 1. The Hall–Kier alpha value is -2.12. The summed E-state index contributed by atoms with van der Waals surface area (Å²) < 4.78 is 5.22. The van der Waals surface area contributed by atoms with Crippen molar-refractivity contribution in [3.05, 3.63) is 54.1 Å². The van der Waals surface area contributed by atoms with Gasteiger partial charge < -0.3 is 10.1 Å². The molecule has 0 saturated heterocycles. The minimum atomic E-state index is 0.0820. The average molecular weight is 284 g/mol. The molecule has 0 radical (unpaired) electrons. The monoisotopic (exact) mass is 284 g/mol. The summed E-state index contributed by atoms with van der Waals surface area (Å²) in [6.45, 7) is 0.842. The van der Waals surface area contributed by atoms with Gasteiger partial charge in [0.15, 0.2) is 6.61 Å². The summed E-state index contributed by atoms with van der Waals surface area (Å²) in [7, 11) is 0. The molecule has 3 nitrogen and oxygen atoms in total. The third-order valence-electron chi connectivity index (χ3n) is 2.82. The van der Waals surface area contributed by atoms with Crippen LogP contribution in [-0.2, 0) is 6.54 Å². The SMILES string of the molecule is CSc1ccccc1NCc1ccc(OCC#N)cc1. The first-order chi connectivity index (χ1) is 9.83. The van der Waals surface area contributed by atoms with Gasteiger partial charge in [0.05, 0.1) is 0 Å². The number of rotatable bonds is 6. The van der Waals surface area contributed by atoms with Crippen LogP contribution < -0.4 is 10.1 Å². The van der Waals surface area contributed by atoms with E-state index in [4.69, 9.17) is 10.00 Å². The third-order valence-corrected chi connectivity index (χ3v) is 3.61. The highest BCUT2D eigenvalue weighted by molar-refractivity contribution is 7.98. The molecule has 0 amide bonds. The molecule has 20 heavy (non-hydrogen) atoms. The first-order valence-corrected chi connectivity index (χ1v) is 7.51. The number of benzene rings is 2. The van der Waals surface area contributed by atoms with Crippen molar-refractivity contribution in [1.29, 1.82) is 5.26 Å². The standard InChI is InChI=1S/C16H16N2OS/c1-20-16-5-3-2-4-15(16)18-12-13-6-8-14(9-7-13)19-11-10-17/h2-9,18H,11-12H2,1H3. The van der Waals surface area contributed by atoms with E-state index in [1.165, 1.54) is 10.5 Å². The number of hydrogen-bond donors (Lipinski definition) is 1. The molecule has 1 N–H and O–H groups in total. The summed E-state index contributed by atoms with van der Waals surface area (Å²) in [6.07, 6.45) is 2.07. The molecule has 0 aliphatic carbocycles. The maximum Gasteiger partial charge on any atom is 0.174 e. The van der Waals surface area contributed by atoms with E-state index >= 15 is 0 Å². The van der Waals surface area contributed by atoms with Crippen LogP contribution in [0.15, 0.2) is 53.4 Å². The quantitative estimate of drug-likeness (QED) is 0.817. The zero-order valence-electron chi connectivity index (χ0n) is 11.3. The normalized spacial score (nSPS) is 9.80. The van der Waals surface area contributed by atoms with Gasteiger partial charge >= 0.3 is 0 Å². The number of thioether (sulfide) groups is 1. The van der Waals surface area contributed by atoms with Gasteiger partial charge in [0.25, 0.3) is 0 Å². The lowest BCUT2D eigenvalue weighted by molar-refractivity contribution is 0.368. The van der Waals surface area contributed by atoms with Gasteiger partial charge in [-0.2, -0.15) is 5.26 Å². The molecule has 102 valence electrons. The molecule has 2 aromatic carbocycles. The Bertz CT molecular complexity index is 590. The molecule has 0 atom stereocenters. The Labute approximate surface area is 123 Å². The fourth-order valence-corrected chi connectivity index (χ4v) is 2.38. The number of ether oxygens (including phenoxy) is 1. The van der Waals surface area contributed by atoms with E-state index in [9.17, 15) is 0 Å². The van der Waals surface area contributed by atoms with Crippen LogP contribution in [0.1, 0.15) is 5.56 Å². The van der Waals surface area contributed by atoms with Crippen LogP contribution in [0.4, 0.5) is 5.69 Å².